The summed E-state index contributed by atoms with van der Waals surface area (Å²) in [5.41, 5.74) is 2.58. The van der Waals surface area contributed by atoms with Gasteiger partial charge in [-0.25, -0.2) is 17.6 Å². The number of halogens is 3. The minimum Gasteiger partial charge on any atom is -0.478 e. The van der Waals surface area contributed by atoms with E-state index in [9.17, 15) is 27.5 Å². The molecule has 202 valence electrons. The number of carbonyl (C=O) groups excluding carboxylic acids is 1. The Labute approximate surface area is 237 Å². The monoisotopic (exact) mass is 634 g/mol. The zero-order chi connectivity index (χ0) is 28.0. The summed E-state index contributed by atoms with van der Waals surface area (Å²) in [5.74, 6) is -1.64. The summed E-state index contributed by atoms with van der Waals surface area (Å²) in [6.07, 6.45) is 1.79. The SMILES string of the molecule is CNC(=O)c1c(-c2ccc(F)cc2)oc2cc(CN(c3cc(Cl)c(Br)c(C(=O)O)c3)[SH](=O)=O)c(C3CC3)cc12. The molecule has 0 spiro atoms. The molecule has 5 rings (SSSR count). The van der Waals surface area contributed by atoms with Gasteiger partial charge in [-0.2, -0.15) is 0 Å². The molecule has 4 aromatic rings. The molecule has 39 heavy (non-hydrogen) atoms. The third-order valence-electron chi connectivity index (χ3n) is 6.59. The van der Waals surface area contributed by atoms with Gasteiger partial charge >= 0.3 is 5.97 Å². The molecule has 1 saturated carbocycles. The van der Waals surface area contributed by atoms with E-state index in [2.05, 4.69) is 21.2 Å². The summed E-state index contributed by atoms with van der Waals surface area (Å²) in [7, 11) is -1.69. The van der Waals surface area contributed by atoms with Crippen molar-refractivity contribution in [3.05, 3.63) is 86.1 Å². The number of benzene rings is 3. The first-order valence-corrected chi connectivity index (χ1v) is 14.1. The molecule has 8 nitrogen and oxygen atoms in total. The minimum absolute atomic E-state index is 0.0508. The third kappa shape index (κ3) is 5.26. The molecule has 3 aromatic carbocycles. The lowest BCUT2D eigenvalue weighted by Crippen LogP contribution is -2.22. The molecule has 1 amide bonds. The number of hydrogen-bond acceptors (Lipinski definition) is 5. The van der Waals surface area contributed by atoms with Gasteiger partial charge in [0.1, 0.15) is 17.2 Å². The van der Waals surface area contributed by atoms with Crippen molar-refractivity contribution in [3.63, 3.8) is 0 Å². The largest absolute Gasteiger partial charge is 0.478 e. The van der Waals surface area contributed by atoms with Crippen LogP contribution in [0.4, 0.5) is 10.1 Å². The minimum atomic E-state index is -3.19. The van der Waals surface area contributed by atoms with Gasteiger partial charge in [-0.1, -0.05) is 11.6 Å². The first-order valence-electron chi connectivity index (χ1n) is 11.8. The highest BCUT2D eigenvalue weighted by Crippen LogP contribution is 2.45. The van der Waals surface area contributed by atoms with Gasteiger partial charge in [-0.15, -0.1) is 0 Å². The number of nitrogens with one attached hydrogen (secondary N) is 1. The molecule has 1 heterocycles. The van der Waals surface area contributed by atoms with Crippen molar-refractivity contribution in [2.75, 3.05) is 11.4 Å². The van der Waals surface area contributed by atoms with Crippen LogP contribution in [-0.4, -0.2) is 32.4 Å². The number of thiol groups is 1. The number of nitrogens with zero attached hydrogens (tertiary/aromatic N) is 1. The molecular weight excluding hydrogens is 615 g/mol. The van der Waals surface area contributed by atoms with Crippen LogP contribution in [0.2, 0.25) is 5.02 Å². The molecule has 0 unspecified atom stereocenters. The molecule has 0 saturated heterocycles. The standard InChI is InChI=1S/C27H21BrClFN2O6S/c1-31-26(33)23-19-11-18(13-2-3-13)15(8-22(19)38-25(23)14-4-6-16(30)7-5-14)12-32(39(36)37)17-9-20(27(34)35)24(28)21(29)10-17/h4-11,13,39H,2-3,12H2,1H3,(H,31,33)(H,34,35). The molecule has 12 heteroatoms. The fraction of sp³-hybridized carbons (Fsp3) is 0.185. The van der Waals surface area contributed by atoms with E-state index in [0.717, 1.165) is 22.7 Å². The number of anilines is 1. The topological polar surface area (TPSA) is 117 Å². The number of amides is 1. The van der Waals surface area contributed by atoms with Gasteiger partial charge in [0.2, 0.25) is 10.9 Å². The lowest BCUT2D eigenvalue weighted by atomic mass is 9.97. The normalized spacial score (nSPS) is 13.2. The first kappa shape index (κ1) is 27.2. The van der Waals surface area contributed by atoms with Crippen LogP contribution in [-0.2, 0) is 17.4 Å². The Kier molecular flexibility index (Phi) is 7.41. The molecule has 0 bridgehead atoms. The van der Waals surface area contributed by atoms with Crippen LogP contribution in [0.15, 0.2) is 57.4 Å². The van der Waals surface area contributed by atoms with Crippen molar-refractivity contribution in [1.82, 2.24) is 5.32 Å². The van der Waals surface area contributed by atoms with Crippen LogP contribution in [0.25, 0.3) is 22.3 Å². The van der Waals surface area contributed by atoms with Gasteiger partial charge < -0.3 is 14.8 Å². The average Bonchev–Trinajstić information content (AvgIpc) is 3.68. The van der Waals surface area contributed by atoms with Gasteiger partial charge in [0.25, 0.3) is 5.91 Å². The number of aromatic carboxylic acids is 1. The number of hydrogen-bond donors (Lipinski definition) is 3. The number of carboxylic acid groups (broad SMARTS) is 1. The lowest BCUT2D eigenvalue weighted by Gasteiger charge is -2.21. The summed E-state index contributed by atoms with van der Waals surface area (Å²) >= 11 is 9.34. The average molecular weight is 636 g/mol. The predicted octanol–water partition coefficient (Wildman–Crippen LogP) is 6.12. The molecule has 1 aliphatic rings. The maximum absolute atomic E-state index is 13.6. The Hall–Kier alpha value is -3.41. The second kappa shape index (κ2) is 10.6. The van der Waals surface area contributed by atoms with Gasteiger partial charge in [-0.3, -0.25) is 9.10 Å². The maximum Gasteiger partial charge on any atom is 0.336 e. The Balaban J connectivity index is 1.67. The summed E-state index contributed by atoms with van der Waals surface area (Å²) in [6, 6.07) is 11.7. The second-order valence-corrected chi connectivity index (χ2v) is 11.3. The highest BCUT2D eigenvalue weighted by molar-refractivity contribution is 9.10. The van der Waals surface area contributed by atoms with E-state index < -0.39 is 22.7 Å². The van der Waals surface area contributed by atoms with Crippen molar-refractivity contribution < 1.29 is 31.9 Å². The zero-order valence-electron chi connectivity index (χ0n) is 20.3. The van der Waals surface area contributed by atoms with Crippen LogP contribution >= 0.6 is 27.5 Å². The third-order valence-corrected chi connectivity index (χ3v) is 8.73. The van der Waals surface area contributed by atoms with Gasteiger partial charge in [0.05, 0.1) is 32.9 Å². The lowest BCUT2D eigenvalue weighted by molar-refractivity contribution is 0.0695. The van der Waals surface area contributed by atoms with Crippen molar-refractivity contribution in [2.45, 2.75) is 25.3 Å². The highest BCUT2D eigenvalue weighted by atomic mass is 79.9. The zero-order valence-corrected chi connectivity index (χ0v) is 23.6. The Morgan fingerprint density at radius 1 is 1.18 bits per heavy atom. The molecule has 1 aromatic heterocycles. The number of carboxylic acids is 1. The smallest absolute Gasteiger partial charge is 0.336 e. The van der Waals surface area contributed by atoms with E-state index in [4.69, 9.17) is 16.0 Å². The van der Waals surface area contributed by atoms with E-state index in [1.807, 2.05) is 6.07 Å². The fourth-order valence-electron chi connectivity index (χ4n) is 4.55. The van der Waals surface area contributed by atoms with E-state index in [0.29, 0.717) is 27.7 Å². The predicted molar refractivity (Wildman–Crippen MR) is 150 cm³/mol. The quantitative estimate of drug-likeness (QED) is 0.201. The van der Waals surface area contributed by atoms with E-state index in [-0.39, 0.29) is 44.9 Å². The van der Waals surface area contributed by atoms with Gasteiger partial charge in [-0.05, 0) is 94.3 Å². The Bertz CT molecular complexity index is 1710. The van der Waals surface area contributed by atoms with Crippen molar-refractivity contribution in [3.8, 4) is 11.3 Å². The Morgan fingerprint density at radius 2 is 1.87 bits per heavy atom. The van der Waals surface area contributed by atoms with Gasteiger partial charge in [0, 0.05) is 18.0 Å². The van der Waals surface area contributed by atoms with Crippen LogP contribution in [0.5, 0.6) is 0 Å². The van der Waals surface area contributed by atoms with E-state index in [1.54, 1.807) is 6.07 Å². The second-order valence-electron chi connectivity index (χ2n) is 9.10. The number of fused-ring (bicyclic) bond motifs is 1. The summed E-state index contributed by atoms with van der Waals surface area (Å²) < 4.78 is 45.7. The highest BCUT2D eigenvalue weighted by Gasteiger charge is 2.30. The van der Waals surface area contributed by atoms with Crippen LogP contribution < -0.4 is 9.62 Å². The molecular formula is C27H21BrClFN2O6S. The molecule has 1 fully saturated rings. The first-order chi connectivity index (χ1) is 18.6. The summed E-state index contributed by atoms with van der Waals surface area (Å²) in [4.78, 5) is 24.6. The molecule has 1 aliphatic carbocycles. The van der Waals surface area contributed by atoms with E-state index >= 15 is 0 Å². The van der Waals surface area contributed by atoms with Crippen LogP contribution in [0.1, 0.15) is 50.6 Å². The summed E-state index contributed by atoms with van der Waals surface area (Å²) in [5, 5.41) is 12.8. The number of furan rings is 1. The van der Waals surface area contributed by atoms with Crippen molar-refractivity contribution in [1.29, 1.82) is 0 Å². The van der Waals surface area contributed by atoms with Gasteiger partial charge in [0.15, 0.2) is 0 Å². The van der Waals surface area contributed by atoms with Crippen molar-refractivity contribution in [2.24, 2.45) is 0 Å². The van der Waals surface area contributed by atoms with E-state index in [1.165, 1.54) is 43.4 Å². The maximum atomic E-state index is 13.6. The molecule has 0 radical (unpaired) electrons. The molecule has 0 aliphatic heterocycles. The fourth-order valence-corrected chi connectivity index (χ4v) is 5.74. The Morgan fingerprint density at radius 3 is 2.46 bits per heavy atom. The number of carbonyl (C=O) groups is 2. The van der Waals surface area contributed by atoms with Crippen LogP contribution in [0.3, 0.4) is 0 Å². The molecule has 2 N–H and O–H groups in total. The van der Waals surface area contributed by atoms with Crippen LogP contribution in [0, 0.1) is 5.82 Å². The number of rotatable bonds is 8. The summed E-state index contributed by atoms with van der Waals surface area (Å²) in [6.45, 7) is -0.112. The van der Waals surface area contributed by atoms with Crippen molar-refractivity contribution >= 4 is 67.0 Å². The molecule has 0 atom stereocenters.